The van der Waals surface area contributed by atoms with Crippen molar-refractivity contribution in [2.45, 2.75) is 25.9 Å². The summed E-state index contributed by atoms with van der Waals surface area (Å²) in [4.78, 5) is 12.3. The molecule has 0 aliphatic carbocycles. The van der Waals surface area contributed by atoms with Gasteiger partial charge in [0.15, 0.2) is 0 Å². The Balaban J connectivity index is 1.69. The number of aromatic nitrogens is 4. The number of furan rings is 1. The molecule has 1 aromatic carbocycles. The Morgan fingerprint density at radius 3 is 2.74 bits per heavy atom. The molecule has 3 aromatic rings. The van der Waals surface area contributed by atoms with Crippen molar-refractivity contribution in [3.8, 4) is 0 Å². The Bertz CT molecular complexity index is 752. The molecule has 0 bridgehead atoms. The number of aryl methyl sites for hydroxylation is 2. The van der Waals surface area contributed by atoms with Gasteiger partial charge in [-0.2, -0.15) is 0 Å². The number of rotatable bonds is 6. The number of hydrogen-bond donors (Lipinski definition) is 1. The number of benzene rings is 1. The first-order valence-electron chi connectivity index (χ1n) is 7.34. The predicted octanol–water partition coefficient (Wildman–Crippen LogP) is 1.87. The van der Waals surface area contributed by atoms with Gasteiger partial charge in [0.1, 0.15) is 17.6 Å². The minimum Gasteiger partial charge on any atom is -0.467 e. The van der Waals surface area contributed by atoms with E-state index in [0.717, 1.165) is 5.56 Å². The molecule has 0 spiro atoms. The smallest absolute Gasteiger partial charge is 0.222 e. The summed E-state index contributed by atoms with van der Waals surface area (Å²) in [5.74, 6) is 1.29. The molecule has 7 nitrogen and oxygen atoms in total. The first-order chi connectivity index (χ1) is 11.2. The highest BCUT2D eigenvalue weighted by atomic mass is 16.3. The summed E-state index contributed by atoms with van der Waals surface area (Å²) in [5, 5.41) is 14.2. The second kappa shape index (κ2) is 6.87. The van der Waals surface area contributed by atoms with Crippen molar-refractivity contribution >= 4 is 5.91 Å². The van der Waals surface area contributed by atoms with Crippen LogP contribution < -0.4 is 5.32 Å². The molecule has 1 N–H and O–H groups in total. The van der Waals surface area contributed by atoms with Gasteiger partial charge in [0.25, 0.3) is 0 Å². The van der Waals surface area contributed by atoms with Gasteiger partial charge in [-0.25, -0.2) is 4.68 Å². The van der Waals surface area contributed by atoms with Gasteiger partial charge in [0.2, 0.25) is 5.91 Å². The van der Waals surface area contributed by atoms with Crippen molar-refractivity contribution in [1.82, 2.24) is 25.5 Å². The van der Waals surface area contributed by atoms with E-state index < -0.39 is 0 Å². The van der Waals surface area contributed by atoms with Crippen LogP contribution in [0.3, 0.4) is 0 Å². The second-order valence-electron chi connectivity index (χ2n) is 5.13. The third-order valence-electron chi connectivity index (χ3n) is 3.53. The van der Waals surface area contributed by atoms with E-state index in [1.54, 1.807) is 17.9 Å². The van der Waals surface area contributed by atoms with Gasteiger partial charge in [-0.3, -0.25) is 4.79 Å². The van der Waals surface area contributed by atoms with E-state index in [1.165, 1.54) is 0 Å². The molecule has 2 aromatic heterocycles. The molecule has 0 aliphatic heterocycles. The molecule has 0 fully saturated rings. The first kappa shape index (κ1) is 15.0. The minimum atomic E-state index is -0.311. The van der Waals surface area contributed by atoms with E-state index in [-0.39, 0.29) is 18.4 Å². The Labute approximate surface area is 133 Å². The van der Waals surface area contributed by atoms with Gasteiger partial charge in [-0.15, -0.1) is 5.10 Å². The molecule has 2 heterocycles. The highest BCUT2D eigenvalue weighted by molar-refractivity contribution is 5.76. The van der Waals surface area contributed by atoms with E-state index in [1.807, 2.05) is 42.5 Å². The molecule has 3 rings (SSSR count). The minimum absolute atomic E-state index is 0.0925. The molecule has 0 unspecified atom stereocenters. The first-order valence-corrected chi connectivity index (χ1v) is 7.34. The molecule has 23 heavy (non-hydrogen) atoms. The maximum Gasteiger partial charge on any atom is 0.222 e. The van der Waals surface area contributed by atoms with Crippen LogP contribution in [0.5, 0.6) is 0 Å². The zero-order valence-corrected chi connectivity index (χ0v) is 12.7. The number of nitrogens with one attached hydrogen (secondary N) is 1. The van der Waals surface area contributed by atoms with Crippen LogP contribution in [0.1, 0.15) is 29.6 Å². The Morgan fingerprint density at radius 1 is 1.26 bits per heavy atom. The number of nitrogens with zero attached hydrogens (tertiary/aromatic N) is 4. The van der Waals surface area contributed by atoms with Crippen LogP contribution in [0.15, 0.2) is 53.1 Å². The maximum absolute atomic E-state index is 12.3. The largest absolute Gasteiger partial charge is 0.467 e. The topological polar surface area (TPSA) is 85.8 Å². The lowest BCUT2D eigenvalue weighted by molar-refractivity contribution is -0.122. The van der Waals surface area contributed by atoms with Gasteiger partial charge in [-0.05, 0) is 35.0 Å². The van der Waals surface area contributed by atoms with Crippen LogP contribution in [0, 0.1) is 6.92 Å². The summed E-state index contributed by atoms with van der Waals surface area (Å²) in [6.07, 6.45) is 1.89. The van der Waals surface area contributed by atoms with Gasteiger partial charge in [0, 0.05) is 6.42 Å². The lowest BCUT2D eigenvalue weighted by atomic mass is 10.0. The van der Waals surface area contributed by atoms with Crippen molar-refractivity contribution in [2.75, 3.05) is 0 Å². The van der Waals surface area contributed by atoms with E-state index in [2.05, 4.69) is 20.8 Å². The molecular formula is C16H17N5O2. The Morgan fingerprint density at radius 2 is 2.09 bits per heavy atom. The summed E-state index contributed by atoms with van der Waals surface area (Å²) in [7, 11) is 0. The summed E-state index contributed by atoms with van der Waals surface area (Å²) in [6.45, 7) is 2.23. The number of tetrazole rings is 1. The molecule has 0 aliphatic rings. The molecule has 1 atom stereocenters. The monoisotopic (exact) mass is 311 g/mol. The maximum atomic E-state index is 12.3. The Kier molecular flexibility index (Phi) is 4.46. The zero-order valence-electron chi connectivity index (χ0n) is 12.7. The van der Waals surface area contributed by atoms with Gasteiger partial charge in [-0.1, -0.05) is 30.3 Å². The molecule has 7 heteroatoms. The number of hydrogen-bond acceptors (Lipinski definition) is 5. The normalized spacial score (nSPS) is 12.0. The standard InChI is InChI=1S/C16H17N5O2/c1-12-18-19-20-21(12)10-9-15(22)17-16(14-8-5-11-23-14)13-6-3-2-4-7-13/h2-8,11,16H,9-10H2,1H3,(H,17,22)/t16-/m1/s1. The SMILES string of the molecule is Cc1nnnn1CCC(=O)N[C@H](c1ccccc1)c1ccco1. The van der Waals surface area contributed by atoms with E-state index in [0.29, 0.717) is 18.1 Å². The number of carbonyl (C=O) groups is 1. The van der Waals surface area contributed by atoms with Crippen LogP contribution in [-0.2, 0) is 11.3 Å². The third kappa shape index (κ3) is 3.63. The van der Waals surface area contributed by atoms with Crippen LogP contribution in [0.25, 0.3) is 0 Å². The molecule has 1 amide bonds. The van der Waals surface area contributed by atoms with Crippen LogP contribution in [0.4, 0.5) is 0 Å². The zero-order chi connectivity index (χ0) is 16.1. The van der Waals surface area contributed by atoms with Crippen LogP contribution in [0.2, 0.25) is 0 Å². The van der Waals surface area contributed by atoms with E-state index in [4.69, 9.17) is 4.42 Å². The lowest BCUT2D eigenvalue weighted by Gasteiger charge is -2.17. The summed E-state index contributed by atoms with van der Waals surface area (Å²) in [6, 6.07) is 13.1. The van der Waals surface area contributed by atoms with Crippen LogP contribution >= 0.6 is 0 Å². The highest BCUT2D eigenvalue weighted by Gasteiger charge is 2.19. The van der Waals surface area contributed by atoms with E-state index in [9.17, 15) is 4.79 Å². The predicted molar refractivity (Wildman–Crippen MR) is 82.3 cm³/mol. The van der Waals surface area contributed by atoms with Gasteiger partial charge < -0.3 is 9.73 Å². The fourth-order valence-corrected chi connectivity index (χ4v) is 2.32. The Hall–Kier alpha value is -2.96. The summed E-state index contributed by atoms with van der Waals surface area (Å²) >= 11 is 0. The molecule has 0 saturated heterocycles. The molecular weight excluding hydrogens is 294 g/mol. The number of amides is 1. The molecule has 0 radical (unpaired) electrons. The van der Waals surface area contributed by atoms with Crippen molar-refractivity contribution in [3.63, 3.8) is 0 Å². The van der Waals surface area contributed by atoms with Crippen molar-refractivity contribution in [3.05, 3.63) is 65.9 Å². The number of carbonyl (C=O) groups excluding carboxylic acids is 1. The molecule has 118 valence electrons. The fourth-order valence-electron chi connectivity index (χ4n) is 2.32. The highest BCUT2D eigenvalue weighted by Crippen LogP contribution is 2.22. The van der Waals surface area contributed by atoms with Crippen molar-refractivity contribution in [1.29, 1.82) is 0 Å². The third-order valence-corrected chi connectivity index (χ3v) is 3.53. The van der Waals surface area contributed by atoms with E-state index >= 15 is 0 Å². The average molecular weight is 311 g/mol. The second-order valence-corrected chi connectivity index (χ2v) is 5.13. The quantitative estimate of drug-likeness (QED) is 0.751. The lowest BCUT2D eigenvalue weighted by Crippen LogP contribution is -2.30. The average Bonchev–Trinajstić information content (AvgIpc) is 3.23. The van der Waals surface area contributed by atoms with Crippen LogP contribution in [-0.4, -0.2) is 26.1 Å². The summed E-state index contributed by atoms with van der Waals surface area (Å²) < 4.78 is 7.07. The summed E-state index contributed by atoms with van der Waals surface area (Å²) in [5.41, 5.74) is 0.967. The van der Waals surface area contributed by atoms with Crippen molar-refractivity contribution in [2.24, 2.45) is 0 Å². The van der Waals surface area contributed by atoms with Gasteiger partial charge >= 0.3 is 0 Å². The molecule has 0 saturated carbocycles. The fraction of sp³-hybridized carbons (Fsp3) is 0.250. The van der Waals surface area contributed by atoms with Gasteiger partial charge in [0.05, 0.1) is 12.8 Å². The van der Waals surface area contributed by atoms with Crippen molar-refractivity contribution < 1.29 is 9.21 Å².